The molecule has 0 bridgehead atoms. The minimum absolute atomic E-state index is 0.382. The highest BCUT2D eigenvalue weighted by molar-refractivity contribution is 5.80. The summed E-state index contributed by atoms with van der Waals surface area (Å²) in [5.41, 5.74) is 3.25. The normalized spacial score (nSPS) is 25.0. The fourth-order valence-corrected chi connectivity index (χ4v) is 4.30. The van der Waals surface area contributed by atoms with Crippen molar-refractivity contribution < 1.29 is 4.74 Å². The molecule has 3 rings (SSSR count). The van der Waals surface area contributed by atoms with Crippen molar-refractivity contribution in [2.45, 2.75) is 57.4 Å². The Morgan fingerprint density at radius 1 is 1.28 bits per heavy atom. The predicted octanol–water partition coefficient (Wildman–Crippen LogP) is 3.61. The summed E-state index contributed by atoms with van der Waals surface area (Å²) in [4.78, 5) is 4.45. The van der Waals surface area contributed by atoms with Crippen LogP contribution in [0, 0.1) is 12.3 Å². The van der Waals surface area contributed by atoms with E-state index in [1.165, 1.54) is 43.2 Å². The van der Waals surface area contributed by atoms with Crippen molar-refractivity contribution in [2.75, 3.05) is 27.3 Å². The molecule has 1 aromatic carbocycles. The minimum Gasteiger partial charge on any atom is -0.385 e. The molecule has 138 valence electrons. The Kier molecular flexibility index (Phi) is 6.00. The molecule has 0 aliphatic heterocycles. The van der Waals surface area contributed by atoms with Gasteiger partial charge in [0, 0.05) is 39.3 Å². The summed E-state index contributed by atoms with van der Waals surface area (Å²) in [6.45, 7) is 4.06. The first-order valence-corrected chi connectivity index (χ1v) is 9.69. The first-order chi connectivity index (χ1) is 12.2. The van der Waals surface area contributed by atoms with E-state index in [9.17, 15) is 0 Å². The van der Waals surface area contributed by atoms with Gasteiger partial charge >= 0.3 is 0 Å². The molecule has 0 amide bonds. The Balaban J connectivity index is 1.51. The van der Waals surface area contributed by atoms with E-state index in [4.69, 9.17) is 4.74 Å². The fraction of sp³-hybridized carbons (Fsp3) is 0.667. The highest BCUT2D eigenvalue weighted by atomic mass is 16.5. The van der Waals surface area contributed by atoms with Gasteiger partial charge in [-0.15, -0.1) is 0 Å². The number of guanidine groups is 1. The van der Waals surface area contributed by atoms with Crippen LogP contribution in [0.15, 0.2) is 29.3 Å². The number of aliphatic imine (C=N–C) groups is 1. The van der Waals surface area contributed by atoms with Crippen LogP contribution in [0.5, 0.6) is 0 Å². The number of methoxy groups -OCH3 is 1. The number of aryl methyl sites for hydroxylation is 1. The minimum atomic E-state index is 0.382. The van der Waals surface area contributed by atoms with Crippen LogP contribution in [-0.4, -0.2) is 39.3 Å². The predicted molar refractivity (Wildman–Crippen MR) is 104 cm³/mol. The molecule has 2 saturated carbocycles. The quantitative estimate of drug-likeness (QED) is 0.587. The van der Waals surface area contributed by atoms with Crippen molar-refractivity contribution in [3.8, 4) is 0 Å². The molecule has 1 aromatic rings. The Morgan fingerprint density at radius 3 is 2.72 bits per heavy atom. The van der Waals surface area contributed by atoms with Gasteiger partial charge in [-0.05, 0) is 49.1 Å². The number of nitrogens with one attached hydrogen (secondary N) is 2. The molecule has 2 fully saturated rings. The molecular weight excluding hydrogens is 310 g/mol. The third kappa shape index (κ3) is 4.55. The van der Waals surface area contributed by atoms with Crippen LogP contribution in [0.25, 0.3) is 0 Å². The topological polar surface area (TPSA) is 45.7 Å². The van der Waals surface area contributed by atoms with Crippen molar-refractivity contribution >= 4 is 5.96 Å². The van der Waals surface area contributed by atoms with E-state index < -0.39 is 0 Å². The average Bonchev–Trinajstić information content (AvgIpc) is 3.23. The van der Waals surface area contributed by atoms with Gasteiger partial charge in [0.2, 0.25) is 0 Å². The molecule has 2 aliphatic rings. The zero-order chi connectivity index (χ0) is 17.7. The lowest BCUT2D eigenvalue weighted by Crippen LogP contribution is -2.44. The summed E-state index contributed by atoms with van der Waals surface area (Å²) < 4.78 is 5.34. The molecule has 2 N–H and O–H groups in total. The number of ether oxygens (including phenoxy) is 1. The maximum Gasteiger partial charge on any atom is 0.191 e. The molecule has 0 heterocycles. The summed E-state index contributed by atoms with van der Waals surface area (Å²) >= 11 is 0. The zero-order valence-electron chi connectivity index (χ0n) is 16.0. The van der Waals surface area contributed by atoms with E-state index >= 15 is 0 Å². The maximum atomic E-state index is 5.34. The van der Waals surface area contributed by atoms with Gasteiger partial charge in [-0.2, -0.15) is 0 Å². The Bertz CT molecular complexity index is 593. The molecule has 2 aliphatic carbocycles. The number of rotatable bonds is 7. The summed E-state index contributed by atoms with van der Waals surface area (Å²) in [6.07, 6.45) is 7.62. The smallest absolute Gasteiger partial charge is 0.191 e. The second-order valence-electron chi connectivity index (χ2n) is 7.83. The third-order valence-corrected chi connectivity index (χ3v) is 6.06. The number of hydrogen-bond donors (Lipinski definition) is 2. The number of hydrogen-bond acceptors (Lipinski definition) is 2. The molecular formula is C21H33N3O. The first-order valence-electron chi connectivity index (χ1n) is 9.69. The van der Waals surface area contributed by atoms with Gasteiger partial charge in [-0.25, -0.2) is 0 Å². The van der Waals surface area contributed by atoms with Crippen molar-refractivity contribution in [3.63, 3.8) is 0 Å². The zero-order valence-corrected chi connectivity index (χ0v) is 16.0. The van der Waals surface area contributed by atoms with Crippen molar-refractivity contribution in [3.05, 3.63) is 35.4 Å². The van der Waals surface area contributed by atoms with Gasteiger partial charge in [-0.1, -0.05) is 37.1 Å². The maximum absolute atomic E-state index is 5.34. The van der Waals surface area contributed by atoms with Crippen LogP contribution >= 0.6 is 0 Å². The SMILES string of the molecule is CN=C(NCC1(CCOC)CCCC1)NC1CC1c1ccccc1C. The molecule has 25 heavy (non-hydrogen) atoms. The van der Waals surface area contributed by atoms with E-state index in [2.05, 4.69) is 46.8 Å². The van der Waals surface area contributed by atoms with Crippen molar-refractivity contribution in [1.29, 1.82) is 0 Å². The summed E-state index contributed by atoms with van der Waals surface area (Å²) in [5, 5.41) is 7.22. The highest BCUT2D eigenvalue weighted by Gasteiger charge is 2.40. The van der Waals surface area contributed by atoms with Crippen molar-refractivity contribution in [2.24, 2.45) is 10.4 Å². The van der Waals surface area contributed by atoms with Crippen LogP contribution in [-0.2, 0) is 4.74 Å². The van der Waals surface area contributed by atoms with Gasteiger partial charge in [0.25, 0.3) is 0 Å². The molecule has 0 radical (unpaired) electrons. The first kappa shape index (κ1) is 18.2. The molecule has 4 heteroatoms. The molecule has 2 atom stereocenters. The lowest BCUT2D eigenvalue weighted by molar-refractivity contribution is 0.138. The van der Waals surface area contributed by atoms with Crippen molar-refractivity contribution in [1.82, 2.24) is 10.6 Å². The van der Waals surface area contributed by atoms with Crippen LogP contribution in [0.2, 0.25) is 0 Å². The second kappa shape index (κ2) is 8.22. The Labute approximate surface area is 152 Å². The lowest BCUT2D eigenvalue weighted by atomic mass is 9.83. The second-order valence-corrected chi connectivity index (χ2v) is 7.83. The summed E-state index contributed by atoms with van der Waals surface area (Å²) in [6, 6.07) is 9.23. The largest absolute Gasteiger partial charge is 0.385 e. The van der Waals surface area contributed by atoms with E-state index in [0.29, 0.717) is 17.4 Å². The van der Waals surface area contributed by atoms with E-state index in [1.54, 1.807) is 7.11 Å². The summed E-state index contributed by atoms with van der Waals surface area (Å²) in [5.74, 6) is 1.57. The van der Waals surface area contributed by atoms with Crippen LogP contribution in [0.1, 0.15) is 55.6 Å². The van der Waals surface area contributed by atoms with Gasteiger partial charge in [0.05, 0.1) is 0 Å². The average molecular weight is 344 g/mol. The van der Waals surface area contributed by atoms with Crippen LogP contribution in [0.4, 0.5) is 0 Å². The van der Waals surface area contributed by atoms with Gasteiger partial charge in [0.1, 0.15) is 0 Å². The highest BCUT2D eigenvalue weighted by Crippen LogP contribution is 2.42. The molecule has 0 spiro atoms. The van der Waals surface area contributed by atoms with Gasteiger partial charge in [-0.3, -0.25) is 4.99 Å². The van der Waals surface area contributed by atoms with Gasteiger partial charge in [0.15, 0.2) is 5.96 Å². The van der Waals surface area contributed by atoms with Crippen LogP contribution in [0.3, 0.4) is 0 Å². The molecule has 0 saturated heterocycles. The van der Waals surface area contributed by atoms with E-state index in [1.807, 2.05) is 7.05 Å². The Hall–Kier alpha value is -1.55. The van der Waals surface area contributed by atoms with E-state index in [-0.39, 0.29) is 0 Å². The number of nitrogens with zero attached hydrogens (tertiary/aromatic N) is 1. The van der Waals surface area contributed by atoms with E-state index in [0.717, 1.165) is 25.5 Å². The number of benzene rings is 1. The standard InChI is InChI=1S/C21H33N3O/c1-16-8-4-5-9-17(16)18-14-19(18)24-20(22-2)23-15-21(12-13-25-3)10-6-7-11-21/h4-5,8-9,18-19H,6-7,10-15H2,1-3H3,(H2,22,23,24). The fourth-order valence-electron chi connectivity index (χ4n) is 4.30. The molecule has 2 unspecified atom stereocenters. The Morgan fingerprint density at radius 2 is 2.04 bits per heavy atom. The van der Waals surface area contributed by atoms with Crippen LogP contribution < -0.4 is 10.6 Å². The summed E-state index contributed by atoms with van der Waals surface area (Å²) in [7, 11) is 3.67. The molecule has 4 nitrogen and oxygen atoms in total. The third-order valence-electron chi connectivity index (χ3n) is 6.06. The molecule has 0 aromatic heterocycles. The van der Waals surface area contributed by atoms with Gasteiger partial charge < -0.3 is 15.4 Å². The monoisotopic (exact) mass is 343 g/mol. The lowest BCUT2D eigenvalue weighted by Gasteiger charge is -2.30.